The van der Waals surface area contributed by atoms with Crippen molar-refractivity contribution in [1.82, 2.24) is 9.80 Å². The number of likely N-dealkylation sites (tertiary alicyclic amines) is 1. The molecule has 1 saturated heterocycles. The summed E-state index contributed by atoms with van der Waals surface area (Å²) in [5, 5.41) is -0.0235. The number of para-hydroxylation sites is 1. The first-order valence-corrected chi connectivity index (χ1v) is 11.9. The summed E-state index contributed by atoms with van der Waals surface area (Å²) < 4.78 is 47.6. The smallest absolute Gasteiger partial charge is 0.422 e. The summed E-state index contributed by atoms with van der Waals surface area (Å²) in [6.45, 7) is 2.07. The Kier molecular flexibility index (Phi) is 7.65. The number of carbonyl (C=O) groups excluding carboxylic acids is 2. The Labute approximate surface area is 212 Å². The molecule has 0 radical (unpaired) electrons. The van der Waals surface area contributed by atoms with Crippen molar-refractivity contribution in [2.75, 3.05) is 38.3 Å². The number of nitrogens with zero attached hydrogens (tertiary/aromatic N) is 3. The highest BCUT2D eigenvalue weighted by Gasteiger charge is 2.36. The number of urea groups is 1. The van der Waals surface area contributed by atoms with Crippen LogP contribution in [0.2, 0.25) is 5.02 Å². The minimum Gasteiger partial charge on any atom is -0.484 e. The number of anilines is 1. The molecule has 0 bridgehead atoms. The van der Waals surface area contributed by atoms with Crippen LogP contribution >= 0.6 is 11.6 Å². The Morgan fingerprint density at radius 3 is 2.56 bits per heavy atom. The molecule has 0 saturated carbocycles. The van der Waals surface area contributed by atoms with Gasteiger partial charge in [0.1, 0.15) is 5.75 Å². The van der Waals surface area contributed by atoms with Gasteiger partial charge in [-0.25, -0.2) is 4.79 Å². The molecular weight excluding hydrogens is 499 g/mol. The number of methoxy groups -OCH3 is 1. The SMILES string of the molecule is COC1CCN(C(=O)N2Cc3ccccc3N(C(=O)c3ccc(OCC(F)(F)F)cc3Cl)C[C@H]2C)C1. The highest BCUT2D eigenvalue weighted by Crippen LogP contribution is 2.32. The van der Waals surface area contributed by atoms with Crippen LogP contribution in [-0.2, 0) is 11.3 Å². The number of carbonyl (C=O) groups is 2. The number of amides is 3. The monoisotopic (exact) mass is 525 g/mol. The molecule has 7 nitrogen and oxygen atoms in total. The summed E-state index contributed by atoms with van der Waals surface area (Å²) in [5.74, 6) is -0.508. The second-order valence-electron chi connectivity index (χ2n) is 8.94. The first-order valence-electron chi connectivity index (χ1n) is 11.5. The van der Waals surface area contributed by atoms with Crippen LogP contribution in [0.5, 0.6) is 5.75 Å². The number of hydrogen-bond donors (Lipinski definition) is 0. The van der Waals surface area contributed by atoms with E-state index in [4.69, 9.17) is 21.1 Å². The van der Waals surface area contributed by atoms with Crippen LogP contribution in [-0.4, -0.2) is 73.4 Å². The number of benzene rings is 2. The summed E-state index contributed by atoms with van der Waals surface area (Å²) >= 11 is 6.30. The topological polar surface area (TPSA) is 62.3 Å². The number of rotatable bonds is 4. The maximum Gasteiger partial charge on any atom is 0.422 e. The lowest BCUT2D eigenvalue weighted by atomic mass is 10.1. The molecule has 0 aliphatic carbocycles. The van der Waals surface area contributed by atoms with E-state index >= 15 is 0 Å². The van der Waals surface area contributed by atoms with Crippen molar-refractivity contribution in [1.29, 1.82) is 0 Å². The highest BCUT2D eigenvalue weighted by atomic mass is 35.5. The lowest BCUT2D eigenvalue weighted by Crippen LogP contribution is -2.49. The minimum atomic E-state index is -4.49. The van der Waals surface area contributed by atoms with Gasteiger partial charge in [-0.3, -0.25) is 4.79 Å². The zero-order chi connectivity index (χ0) is 26.0. The van der Waals surface area contributed by atoms with Gasteiger partial charge in [0, 0.05) is 45.0 Å². The van der Waals surface area contributed by atoms with Crippen molar-refractivity contribution in [3.05, 3.63) is 58.6 Å². The van der Waals surface area contributed by atoms with Crippen LogP contribution in [0.15, 0.2) is 42.5 Å². The summed E-state index contributed by atoms with van der Waals surface area (Å²) in [6, 6.07) is 10.7. The Balaban J connectivity index is 1.58. The fourth-order valence-electron chi connectivity index (χ4n) is 4.50. The first kappa shape index (κ1) is 26.1. The van der Waals surface area contributed by atoms with Gasteiger partial charge in [0.25, 0.3) is 5.91 Å². The predicted molar refractivity (Wildman–Crippen MR) is 129 cm³/mol. The maximum absolute atomic E-state index is 13.6. The molecule has 0 aromatic heterocycles. The molecule has 0 N–H and O–H groups in total. The van der Waals surface area contributed by atoms with E-state index in [1.807, 2.05) is 19.1 Å². The van der Waals surface area contributed by atoms with Crippen molar-refractivity contribution in [3.8, 4) is 5.75 Å². The summed E-state index contributed by atoms with van der Waals surface area (Å²) in [4.78, 5) is 32.1. The molecule has 1 fully saturated rings. The van der Waals surface area contributed by atoms with Crippen LogP contribution in [0, 0.1) is 0 Å². The predicted octanol–water partition coefficient (Wildman–Crippen LogP) is 4.97. The standard InChI is InChI=1S/C25H27ClF3N3O4/c1-16-12-32(23(33)20-8-7-18(11-21(20)26)36-15-25(27,28)29)22-6-4-3-5-17(22)13-31(16)24(34)30-10-9-19(14-30)35-2/h3-8,11,16,19H,9-10,12-15H2,1-2H3/t16-,19?/m1/s1. The Morgan fingerprint density at radius 1 is 1.14 bits per heavy atom. The molecule has 2 aliphatic rings. The fraction of sp³-hybridized carbons (Fsp3) is 0.440. The molecule has 11 heteroatoms. The van der Waals surface area contributed by atoms with E-state index < -0.39 is 18.7 Å². The average Bonchev–Trinajstić information content (AvgIpc) is 3.27. The molecule has 4 rings (SSSR count). The summed E-state index contributed by atoms with van der Waals surface area (Å²) in [6.07, 6.45) is -3.71. The van der Waals surface area contributed by atoms with Crippen molar-refractivity contribution in [3.63, 3.8) is 0 Å². The lowest BCUT2D eigenvalue weighted by Gasteiger charge is -2.32. The summed E-state index contributed by atoms with van der Waals surface area (Å²) in [5.41, 5.74) is 1.57. The van der Waals surface area contributed by atoms with E-state index in [1.165, 1.54) is 18.2 Å². The molecular formula is C25H27ClF3N3O4. The molecule has 2 aliphatic heterocycles. The third-order valence-corrected chi connectivity index (χ3v) is 6.73. The van der Waals surface area contributed by atoms with Crippen LogP contribution in [0.3, 0.4) is 0 Å². The molecule has 36 heavy (non-hydrogen) atoms. The van der Waals surface area contributed by atoms with E-state index in [0.717, 1.165) is 12.0 Å². The highest BCUT2D eigenvalue weighted by molar-refractivity contribution is 6.34. The number of alkyl halides is 3. The molecule has 2 aromatic carbocycles. The Morgan fingerprint density at radius 2 is 1.89 bits per heavy atom. The van der Waals surface area contributed by atoms with Gasteiger partial charge in [-0.15, -0.1) is 0 Å². The fourth-order valence-corrected chi connectivity index (χ4v) is 4.75. The normalized spacial score (nSPS) is 20.2. The number of fused-ring (bicyclic) bond motifs is 1. The van der Waals surface area contributed by atoms with Gasteiger partial charge >= 0.3 is 12.2 Å². The Bertz CT molecular complexity index is 1130. The molecule has 2 atom stereocenters. The summed E-state index contributed by atoms with van der Waals surface area (Å²) in [7, 11) is 1.63. The van der Waals surface area contributed by atoms with Crippen molar-refractivity contribution in [2.24, 2.45) is 0 Å². The molecule has 1 unspecified atom stereocenters. The largest absolute Gasteiger partial charge is 0.484 e. The van der Waals surface area contributed by atoms with Crippen molar-refractivity contribution >= 4 is 29.2 Å². The van der Waals surface area contributed by atoms with E-state index in [9.17, 15) is 22.8 Å². The first-order chi connectivity index (χ1) is 17.1. The average molecular weight is 526 g/mol. The van der Waals surface area contributed by atoms with Crippen LogP contribution in [0.1, 0.15) is 29.3 Å². The van der Waals surface area contributed by atoms with E-state index in [-0.39, 0.29) is 41.1 Å². The molecule has 0 spiro atoms. The van der Waals surface area contributed by atoms with E-state index in [2.05, 4.69) is 0 Å². The molecule has 2 heterocycles. The molecule has 2 aromatic rings. The lowest BCUT2D eigenvalue weighted by molar-refractivity contribution is -0.153. The van der Waals surface area contributed by atoms with Gasteiger partial charge in [-0.1, -0.05) is 29.8 Å². The van der Waals surface area contributed by atoms with Crippen LogP contribution in [0.4, 0.5) is 23.7 Å². The second kappa shape index (κ2) is 10.6. The van der Waals surface area contributed by atoms with Gasteiger partial charge in [0.05, 0.1) is 16.7 Å². The third-order valence-electron chi connectivity index (χ3n) is 6.42. The quantitative estimate of drug-likeness (QED) is 0.565. The van der Waals surface area contributed by atoms with Crippen molar-refractivity contribution in [2.45, 2.75) is 38.2 Å². The van der Waals surface area contributed by atoms with Gasteiger partial charge in [-0.2, -0.15) is 13.2 Å². The zero-order valence-corrected chi connectivity index (χ0v) is 20.7. The maximum atomic E-state index is 13.6. The van der Waals surface area contributed by atoms with Crippen LogP contribution in [0.25, 0.3) is 0 Å². The number of halogens is 4. The minimum absolute atomic E-state index is 0.00632. The molecule has 194 valence electrons. The van der Waals surface area contributed by atoms with Gasteiger partial charge in [0.15, 0.2) is 6.61 Å². The van der Waals surface area contributed by atoms with Gasteiger partial charge in [-0.05, 0) is 43.2 Å². The van der Waals surface area contributed by atoms with Crippen molar-refractivity contribution < 1.29 is 32.2 Å². The van der Waals surface area contributed by atoms with E-state index in [1.54, 1.807) is 33.9 Å². The van der Waals surface area contributed by atoms with Gasteiger partial charge in [0.2, 0.25) is 0 Å². The Hall–Kier alpha value is -2.98. The number of ether oxygens (including phenoxy) is 2. The van der Waals surface area contributed by atoms with E-state index in [0.29, 0.717) is 25.3 Å². The van der Waals surface area contributed by atoms with Crippen LogP contribution < -0.4 is 9.64 Å². The zero-order valence-electron chi connectivity index (χ0n) is 19.9. The van der Waals surface area contributed by atoms with Gasteiger partial charge < -0.3 is 24.2 Å². The second-order valence-corrected chi connectivity index (χ2v) is 9.35. The number of hydrogen-bond acceptors (Lipinski definition) is 4. The molecule has 3 amide bonds. The third kappa shape index (κ3) is 5.70.